The highest BCUT2D eigenvalue weighted by atomic mass is 35.5. The Morgan fingerprint density at radius 3 is 2.83 bits per heavy atom. The summed E-state index contributed by atoms with van der Waals surface area (Å²) in [6.07, 6.45) is 0. The van der Waals surface area contributed by atoms with Gasteiger partial charge in [0.05, 0.1) is 16.8 Å². The fourth-order valence-corrected chi connectivity index (χ4v) is 2.50. The lowest BCUT2D eigenvalue weighted by Gasteiger charge is -2.07. The molecule has 90 valence electrons. The monoisotopic (exact) mass is 276 g/mol. The van der Waals surface area contributed by atoms with E-state index in [9.17, 15) is 4.79 Å². The van der Waals surface area contributed by atoms with E-state index in [-0.39, 0.29) is 5.91 Å². The number of nitrogens with zero attached hydrogens (tertiary/aromatic N) is 1. The van der Waals surface area contributed by atoms with Crippen molar-refractivity contribution >= 4 is 34.5 Å². The smallest absolute Gasteiger partial charge is 0.256 e. The number of carbonyl (C=O) groups is 1. The largest absolute Gasteiger partial charge is 0.321 e. The van der Waals surface area contributed by atoms with Gasteiger partial charge in [-0.3, -0.25) is 4.79 Å². The summed E-state index contributed by atoms with van der Waals surface area (Å²) in [4.78, 5) is 12.0. The van der Waals surface area contributed by atoms with E-state index in [1.165, 1.54) is 11.3 Å². The summed E-state index contributed by atoms with van der Waals surface area (Å²) in [5.74, 6) is -0.229. The lowest BCUT2D eigenvalue weighted by molar-refractivity contribution is 0.102. The predicted octanol–water partition coefficient (Wildman–Crippen LogP) is 3.83. The molecule has 3 nitrogen and oxygen atoms in total. The number of hydrogen-bond acceptors (Lipinski definition) is 3. The van der Waals surface area contributed by atoms with E-state index in [1.807, 2.05) is 18.4 Å². The zero-order valence-corrected chi connectivity index (χ0v) is 11.1. The Hall–Kier alpha value is -1.83. The molecule has 0 fully saturated rings. The van der Waals surface area contributed by atoms with Crippen molar-refractivity contribution in [2.75, 3.05) is 5.32 Å². The summed E-state index contributed by atoms with van der Waals surface area (Å²) in [5.41, 5.74) is 2.35. The minimum atomic E-state index is -0.229. The quantitative estimate of drug-likeness (QED) is 0.906. The highest BCUT2D eigenvalue weighted by Crippen LogP contribution is 2.22. The Labute approximate surface area is 114 Å². The van der Waals surface area contributed by atoms with Crippen LogP contribution < -0.4 is 5.32 Å². The molecule has 0 spiro atoms. The zero-order chi connectivity index (χ0) is 13.1. The average molecular weight is 277 g/mol. The highest BCUT2D eigenvalue weighted by Gasteiger charge is 2.12. The van der Waals surface area contributed by atoms with E-state index < -0.39 is 0 Å². The molecule has 18 heavy (non-hydrogen) atoms. The van der Waals surface area contributed by atoms with Crippen molar-refractivity contribution in [2.24, 2.45) is 0 Å². The number of nitriles is 1. The molecule has 0 aliphatic carbocycles. The third-order valence-electron chi connectivity index (χ3n) is 2.45. The van der Waals surface area contributed by atoms with Gasteiger partial charge in [0.25, 0.3) is 5.91 Å². The molecular weight excluding hydrogens is 268 g/mol. The molecule has 0 bridgehead atoms. The minimum Gasteiger partial charge on any atom is -0.321 e. The molecule has 1 aromatic heterocycles. The van der Waals surface area contributed by atoms with Gasteiger partial charge in [-0.15, -0.1) is 0 Å². The van der Waals surface area contributed by atoms with Gasteiger partial charge in [0.2, 0.25) is 0 Å². The Kier molecular flexibility index (Phi) is 3.66. The lowest BCUT2D eigenvalue weighted by Crippen LogP contribution is -2.13. The van der Waals surface area contributed by atoms with Crippen molar-refractivity contribution in [3.8, 4) is 6.07 Å². The second-order valence-electron chi connectivity index (χ2n) is 3.72. The van der Waals surface area contributed by atoms with Crippen LogP contribution in [0.3, 0.4) is 0 Å². The molecule has 0 radical (unpaired) electrons. The molecule has 0 aliphatic rings. The van der Waals surface area contributed by atoms with Crippen molar-refractivity contribution in [3.05, 3.63) is 50.7 Å². The van der Waals surface area contributed by atoms with Crippen molar-refractivity contribution in [3.63, 3.8) is 0 Å². The van der Waals surface area contributed by atoms with E-state index in [0.717, 1.165) is 5.56 Å². The number of rotatable bonds is 2. The first-order chi connectivity index (χ1) is 8.61. The predicted molar refractivity (Wildman–Crippen MR) is 73.2 cm³/mol. The maximum atomic E-state index is 12.0. The number of thiophene rings is 1. The third kappa shape index (κ3) is 2.53. The van der Waals surface area contributed by atoms with Gasteiger partial charge in [-0.05, 0) is 36.1 Å². The van der Waals surface area contributed by atoms with Gasteiger partial charge in [0.1, 0.15) is 6.07 Å². The number of anilines is 1. The van der Waals surface area contributed by atoms with Crippen LogP contribution >= 0.6 is 22.9 Å². The van der Waals surface area contributed by atoms with Gasteiger partial charge in [0.15, 0.2) is 0 Å². The molecule has 0 atom stereocenters. The molecule has 0 saturated carbocycles. The van der Waals surface area contributed by atoms with Gasteiger partial charge >= 0.3 is 0 Å². The standard InChI is InChI=1S/C13H9ClN2OS/c1-8-6-18-7-11(8)13(17)16-12-4-10(14)3-2-9(12)5-15/h2-4,6-7H,1H3,(H,16,17). The molecule has 0 saturated heterocycles. The first kappa shape index (κ1) is 12.6. The summed E-state index contributed by atoms with van der Waals surface area (Å²) in [6.45, 7) is 1.87. The molecule has 0 aliphatic heterocycles. The average Bonchev–Trinajstić information content (AvgIpc) is 2.76. The molecule has 5 heteroatoms. The maximum absolute atomic E-state index is 12.0. The number of halogens is 1. The Morgan fingerprint density at radius 2 is 2.22 bits per heavy atom. The normalized spacial score (nSPS) is 9.83. The number of hydrogen-bond donors (Lipinski definition) is 1. The van der Waals surface area contributed by atoms with Crippen LogP contribution in [0.25, 0.3) is 0 Å². The van der Waals surface area contributed by atoms with Gasteiger partial charge in [-0.1, -0.05) is 11.6 Å². The number of amides is 1. The van der Waals surface area contributed by atoms with Crippen molar-refractivity contribution in [1.82, 2.24) is 0 Å². The molecule has 1 N–H and O–H groups in total. The van der Waals surface area contributed by atoms with Crippen molar-refractivity contribution in [2.45, 2.75) is 6.92 Å². The molecule has 2 aromatic rings. The van der Waals surface area contributed by atoms with Crippen LogP contribution in [0.2, 0.25) is 5.02 Å². The van der Waals surface area contributed by atoms with E-state index >= 15 is 0 Å². The van der Waals surface area contributed by atoms with Crippen molar-refractivity contribution in [1.29, 1.82) is 5.26 Å². The molecule has 1 amide bonds. The van der Waals surface area contributed by atoms with Gasteiger partial charge in [-0.25, -0.2) is 0 Å². The van der Waals surface area contributed by atoms with Gasteiger partial charge in [-0.2, -0.15) is 16.6 Å². The topological polar surface area (TPSA) is 52.9 Å². The van der Waals surface area contributed by atoms with Crippen LogP contribution in [0.1, 0.15) is 21.5 Å². The van der Waals surface area contributed by atoms with E-state index in [4.69, 9.17) is 16.9 Å². The Morgan fingerprint density at radius 1 is 1.44 bits per heavy atom. The van der Waals surface area contributed by atoms with E-state index in [0.29, 0.717) is 21.8 Å². The number of benzene rings is 1. The zero-order valence-electron chi connectivity index (χ0n) is 9.53. The minimum absolute atomic E-state index is 0.229. The van der Waals surface area contributed by atoms with E-state index in [2.05, 4.69) is 5.32 Å². The third-order valence-corrected chi connectivity index (χ3v) is 3.55. The maximum Gasteiger partial charge on any atom is 0.256 e. The summed E-state index contributed by atoms with van der Waals surface area (Å²) >= 11 is 7.32. The van der Waals surface area contributed by atoms with Crippen LogP contribution in [-0.4, -0.2) is 5.91 Å². The summed E-state index contributed by atoms with van der Waals surface area (Å²) < 4.78 is 0. The first-order valence-corrected chi connectivity index (χ1v) is 6.47. The lowest BCUT2D eigenvalue weighted by atomic mass is 10.1. The Bertz CT molecular complexity index is 643. The highest BCUT2D eigenvalue weighted by molar-refractivity contribution is 7.08. The van der Waals surface area contributed by atoms with Gasteiger partial charge in [0, 0.05) is 10.4 Å². The summed E-state index contributed by atoms with van der Waals surface area (Å²) in [5, 5.41) is 15.8. The number of carbonyl (C=O) groups excluding carboxylic acids is 1. The van der Waals surface area contributed by atoms with Crippen LogP contribution in [0.15, 0.2) is 29.0 Å². The van der Waals surface area contributed by atoms with Gasteiger partial charge < -0.3 is 5.32 Å². The first-order valence-electron chi connectivity index (χ1n) is 5.15. The molecule has 2 rings (SSSR count). The SMILES string of the molecule is Cc1cscc1C(=O)Nc1cc(Cl)ccc1C#N. The van der Waals surface area contributed by atoms with Crippen molar-refractivity contribution < 1.29 is 4.79 Å². The Balaban J connectivity index is 2.30. The second kappa shape index (κ2) is 5.21. The van der Waals surface area contributed by atoms with Crippen LogP contribution in [0, 0.1) is 18.3 Å². The summed E-state index contributed by atoms with van der Waals surface area (Å²) in [7, 11) is 0. The molecule has 1 heterocycles. The molecule has 0 unspecified atom stereocenters. The second-order valence-corrected chi connectivity index (χ2v) is 4.90. The fraction of sp³-hybridized carbons (Fsp3) is 0.0769. The number of nitrogens with one attached hydrogen (secondary N) is 1. The van der Waals surface area contributed by atoms with Crippen LogP contribution in [-0.2, 0) is 0 Å². The summed E-state index contributed by atoms with van der Waals surface area (Å²) in [6, 6.07) is 6.78. The van der Waals surface area contributed by atoms with E-state index in [1.54, 1.807) is 23.6 Å². The number of aryl methyl sites for hydroxylation is 1. The molecular formula is C13H9ClN2OS. The molecule has 1 aromatic carbocycles. The van der Waals surface area contributed by atoms with Crippen LogP contribution in [0.5, 0.6) is 0 Å². The van der Waals surface area contributed by atoms with Crippen LogP contribution in [0.4, 0.5) is 5.69 Å². The fourth-order valence-electron chi connectivity index (χ4n) is 1.50.